The average Bonchev–Trinajstić information content (AvgIpc) is 2.66. The molecule has 1 aliphatic heterocycles. The van der Waals surface area contributed by atoms with Gasteiger partial charge in [-0.25, -0.2) is 15.0 Å². The Balaban J connectivity index is 1.54. The summed E-state index contributed by atoms with van der Waals surface area (Å²) < 4.78 is 0. The molecule has 3 rings (SSSR count). The molecule has 24 heavy (non-hydrogen) atoms. The second-order valence-corrected chi connectivity index (χ2v) is 5.90. The van der Waals surface area contributed by atoms with E-state index < -0.39 is 0 Å². The van der Waals surface area contributed by atoms with Crippen molar-refractivity contribution in [2.45, 2.75) is 26.2 Å². The van der Waals surface area contributed by atoms with E-state index in [1.807, 2.05) is 18.3 Å². The first kappa shape index (κ1) is 16.4. The highest BCUT2D eigenvalue weighted by atomic mass is 15.4. The van der Waals surface area contributed by atoms with Gasteiger partial charge >= 0.3 is 0 Å². The molecule has 0 radical (unpaired) electrons. The third-order valence-corrected chi connectivity index (χ3v) is 4.13. The zero-order valence-corrected chi connectivity index (χ0v) is 14.2. The molecule has 0 atom stereocenters. The van der Waals surface area contributed by atoms with E-state index in [4.69, 9.17) is 0 Å². The third kappa shape index (κ3) is 4.31. The Labute approximate surface area is 143 Å². The second kappa shape index (κ2) is 8.42. The summed E-state index contributed by atoms with van der Waals surface area (Å²) in [6, 6.07) is 3.77. The summed E-state index contributed by atoms with van der Waals surface area (Å²) in [5.74, 6) is 2.50. The molecule has 0 aliphatic carbocycles. The summed E-state index contributed by atoms with van der Waals surface area (Å²) in [7, 11) is 0. The lowest BCUT2D eigenvalue weighted by Gasteiger charge is -2.34. The summed E-state index contributed by atoms with van der Waals surface area (Å²) >= 11 is 0. The number of hydrogen-bond donors (Lipinski definition) is 1. The Kier molecular flexibility index (Phi) is 5.76. The molecule has 0 aromatic carbocycles. The Hall–Kier alpha value is -2.44. The van der Waals surface area contributed by atoms with Gasteiger partial charge in [0.05, 0.1) is 0 Å². The predicted molar refractivity (Wildman–Crippen MR) is 96.5 cm³/mol. The van der Waals surface area contributed by atoms with Crippen LogP contribution in [0.15, 0.2) is 30.7 Å². The minimum Gasteiger partial charge on any atom is -0.370 e. The van der Waals surface area contributed by atoms with Crippen LogP contribution < -0.4 is 15.1 Å². The molecule has 2 aromatic rings. The molecule has 2 aromatic heterocycles. The molecule has 0 saturated carbocycles. The standard InChI is InChI=1S/C17H25N7/c1-2-3-4-7-18-15-6-10-21-17(22-15)24-13-11-23(12-14-24)16-19-8-5-9-20-16/h5-6,8-10H,2-4,7,11-14H2,1H3,(H,18,21,22). The lowest BCUT2D eigenvalue weighted by Crippen LogP contribution is -2.47. The molecule has 1 N–H and O–H groups in total. The summed E-state index contributed by atoms with van der Waals surface area (Å²) in [4.78, 5) is 22.1. The van der Waals surface area contributed by atoms with Gasteiger partial charge in [0.25, 0.3) is 0 Å². The predicted octanol–water partition coefficient (Wildman–Crippen LogP) is 2.20. The van der Waals surface area contributed by atoms with Crippen molar-refractivity contribution in [2.24, 2.45) is 0 Å². The van der Waals surface area contributed by atoms with Crippen LogP contribution in [0.25, 0.3) is 0 Å². The zero-order valence-electron chi connectivity index (χ0n) is 14.2. The topological polar surface area (TPSA) is 70.1 Å². The van der Waals surface area contributed by atoms with Gasteiger partial charge in [-0.3, -0.25) is 0 Å². The maximum atomic E-state index is 4.65. The highest BCUT2D eigenvalue weighted by Gasteiger charge is 2.20. The van der Waals surface area contributed by atoms with E-state index in [0.717, 1.165) is 50.4 Å². The third-order valence-electron chi connectivity index (χ3n) is 4.13. The first-order chi connectivity index (χ1) is 11.9. The molecule has 7 heteroatoms. The molecule has 0 unspecified atom stereocenters. The van der Waals surface area contributed by atoms with E-state index >= 15 is 0 Å². The lowest BCUT2D eigenvalue weighted by atomic mass is 10.2. The minimum atomic E-state index is 0.795. The summed E-state index contributed by atoms with van der Waals surface area (Å²) in [6.45, 7) is 6.67. The van der Waals surface area contributed by atoms with Crippen molar-refractivity contribution < 1.29 is 0 Å². The number of nitrogens with zero attached hydrogens (tertiary/aromatic N) is 6. The fourth-order valence-electron chi connectivity index (χ4n) is 2.75. The first-order valence-corrected chi connectivity index (χ1v) is 8.70. The van der Waals surface area contributed by atoms with Gasteiger partial charge in [-0.15, -0.1) is 0 Å². The Bertz CT molecular complexity index is 611. The normalized spacial score (nSPS) is 14.7. The SMILES string of the molecule is CCCCCNc1ccnc(N2CCN(c3ncccn3)CC2)n1. The maximum absolute atomic E-state index is 4.65. The molecular formula is C17H25N7. The molecule has 0 amide bonds. The smallest absolute Gasteiger partial charge is 0.227 e. The van der Waals surface area contributed by atoms with E-state index in [1.54, 1.807) is 12.4 Å². The number of nitrogens with one attached hydrogen (secondary N) is 1. The minimum absolute atomic E-state index is 0.795. The van der Waals surface area contributed by atoms with Crippen LogP contribution in [-0.2, 0) is 0 Å². The van der Waals surface area contributed by atoms with Crippen LogP contribution in [-0.4, -0.2) is 52.7 Å². The van der Waals surface area contributed by atoms with Crippen LogP contribution in [0.5, 0.6) is 0 Å². The molecule has 128 valence electrons. The van der Waals surface area contributed by atoms with Crippen molar-refractivity contribution in [3.8, 4) is 0 Å². The molecular weight excluding hydrogens is 302 g/mol. The van der Waals surface area contributed by atoms with Gasteiger partial charge in [-0.1, -0.05) is 19.8 Å². The molecule has 0 bridgehead atoms. The van der Waals surface area contributed by atoms with Crippen LogP contribution >= 0.6 is 0 Å². The number of unbranched alkanes of at least 4 members (excludes halogenated alkanes) is 2. The van der Waals surface area contributed by atoms with Crippen molar-refractivity contribution in [1.29, 1.82) is 0 Å². The van der Waals surface area contributed by atoms with Crippen molar-refractivity contribution in [1.82, 2.24) is 19.9 Å². The number of anilines is 3. The molecule has 1 saturated heterocycles. The highest BCUT2D eigenvalue weighted by Crippen LogP contribution is 2.15. The van der Waals surface area contributed by atoms with Gasteiger partial charge in [0, 0.05) is 51.3 Å². The fraction of sp³-hybridized carbons (Fsp3) is 0.529. The maximum Gasteiger partial charge on any atom is 0.227 e. The van der Waals surface area contributed by atoms with Gasteiger partial charge in [0.15, 0.2) is 0 Å². The Morgan fingerprint density at radius 1 is 0.917 bits per heavy atom. The summed E-state index contributed by atoms with van der Waals surface area (Å²) in [6.07, 6.45) is 9.04. The molecule has 7 nitrogen and oxygen atoms in total. The Morgan fingerprint density at radius 3 is 2.29 bits per heavy atom. The van der Waals surface area contributed by atoms with Crippen molar-refractivity contribution in [3.05, 3.63) is 30.7 Å². The van der Waals surface area contributed by atoms with E-state index in [1.165, 1.54) is 19.3 Å². The quantitative estimate of drug-likeness (QED) is 0.782. The Morgan fingerprint density at radius 2 is 1.58 bits per heavy atom. The van der Waals surface area contributed by atoms with Gasteiger partial charge in [0.1, 0.15) is 5.82 Å². The number of hydrogen-bond acceptors (Lipinski definition) is 7. The lowest BCUT2D eigenvalue weighted by molar-refractivity contribution is 0.628. The van der Waals surface area contributed by atoms with Crippen LogP contribution in [0, 0.1) is 0 Å². The fourth-order valence-corrected chi connectivity index (χ4v) is 2.75. The van der Waals surface area contributed by atoms with E-state index in [9.17, 15) is 0 Å². The number of rotatable bonds is 7. The zero-order chi connectivity index (χ0) is 16.6. The largest absolute Gasteiger partial charge is 0.370 e. The van der Waals surface area contributed by atoms with Gasteiger partial charge in [-0.2, -0.15) is 4.98 Å². The van der Waals surface area contributed by atoms with Gasteiger partial charge in [-0.05, 0) is 18.6 Å². The van der Waals surface area contributed by atoms with Gasteiger partial charge in [0.2, 0.25) is 11.9 Å². The van der Waals surface area contributed by atoms with Crippen LogP contribution in [0.4, 0.5) is 17.7 Å². The molecule has 3 heterocycles. The monoisotopic (exact) mass is 327 g/mol. The highest BCUT2D eigenvalue weighted by molar-refractivity contribution is 5.43. The average molecular weight is 327 g/mol. The number of aromatic nitrogens is 4. The molecule has 1 fully saturated rings. The van der Waals surface area contributed by atoms with Crippen molar-refractivity contribution in [3.63, 3.8) is 0 Å². The van der Waals surface area contributed by atoms with Crippen molar-refractivity contribution >= 4 is 17.7 Å². The van der Waals surface area contributed by atoms with Crippen LogP contribution in [0.1, 0.15) is 26.2 Å². The number of piperazine rings is 1. The van der Waals surface area contributed by atoms with Crippen LogP contribution in [0.2, 0.25) is 0 Å². The summed E-state index contributed by atoms with van der Waals surface area (Å²) in [5, 5.41) is 3.39. The van der Waals surface area contributed by atoms with E-state index in [2.05, 4.69) is 42.0 Å². The first-order valence-electron chi connectivity index (χ1n) is 8.70. The second-order valence-electron chi connectivity index (χ2n) is 5.90. The molecule has 1 aliphatic rings. The summed E-state index contributed by atoms with van der Waals surface area (Å²) in [5.41, 5.74) is 0. The van der Waals surface area contributed by atoms with Crippen LogP contribution in [0.3, 0.4) is 0 Å². The van der Waals surface area contributed by atoms with E-state index in [0.29, 0.717) is 0 Å². The van der Waals surface area contributed by atoms with E-state index in [-0.39, 0.29) is 0 Å². The van der Waals surface area contributed by atoms with Gasteiger partial charge < -0.3 is 15.1 Å². The molecule has 0 spiro atoms. The van der Waals surface area contributed by atoms with Crippen molar-refractivity contribution in [2.75, 3.05) is 47.8 Å².